The largest absolute Gasteiger partial charge is 0.308 e. The summed E-state index contributed by atoms with van der Waals surface area (Å²) in [7, 11) is 0. The fraction of sp³-hybridized carbons (Fsp3) is 0.302. The second-order valence-electron chi connectivity index (χ2n) is 30.3. The molecule has 684 valence electrons. The Labute approximate surface area is 796 Å². The van der Waals surface area contributed by atoms with Crippen molar-refractivity contribution in [1.29, 1.82) is 0 Å². The molecule has 0 fully saturated rings. The number of para-hydroxylation sites is 6. The Kier molecular flexibility index (Phi) is 36.8. The predicted molar refractivity (Wildman–Crippen MR) is 590 cm³/mol. The quantitative estimate of drug-likeness (QED) is 0.144. The van der Waals surface area contributed by atoms with Crippen LogP contribution < -0.4 is 0 Å². The van der Waals surface area contributed by atoms with Crippen LogP contribution in [0.15, 0.2) is 273 Å². The van der Waals surface area contributed by atoms with Crippen molar-refractivity contribution in [1.82, 2.24) is 13.7 Å². The summed E-state index contributed by atoms with van der Waals surface area (Å²) in [5.41, 5.74) is 56.1. The zero-order valence-corrected chi connectivity index (χ0v) is 86.2. The molecule has 6 aliphatic carbocycles. The van der Waals surface area contributed by atoms with E-state index in [9.17, 15) is 0 Å². The molecule has 27 rings (SSSR count). The molecule has 132 heavy (non-hydrogen) atoms. The highest BCUT2D eigenvalue weighted by molar-refractivity contribution is 6.15. The lowest BCUT2D eigenvalue weighted by Gasteiger charge is -2.24. The van der Waals surface area contributed by atoms with Gasteiger partial charge in [0.05, 0.1) is 50.2 Å². The van der Waals surface area contributed by atoms with Crippen molar-refractivity contribution >= 4 is 65.4 Å². The van der Waals surface area contributed by atoms with Crippen LogP contribution in [0.25, 0.3) is 149 Å². The molecule has 3 heteroatoms. The highest BCUT2D eigenvalue weighted by Crippen LogP contribution is 2.56. The molecule has 0 saturated carbocycles. The molecule has 15 aromatic carbocycles. The minimum Gasteiger partial charge on any atom is -0.308 e. The lowest BCUT2D eigenvalue weighted by Crippen LogP contribution is -2.10. The molecule has 3 aliphatic heterocycles. The maximum atomic E-state index is 2.58. The Morgan fingerprint density at radius 2 is 0.402 bits per heavy atom. The molecule has 3 nitrogen and oxygen atoms in total. The topological polar surface area (TPSA) is 14.8 Å². The normalized spacial score (nSPS) is 11.6. The van der Waals surface area contributed by atoms with E-state index in [0.29, 0.717) is 0 Å². The van der Waals surface area contributed by atoms with Crippen LogP contribution in [-0.2, 0) is 57.8 Å². The average molecular weight is 1750 g/mol. The van der Waals surface area contributed by atoms with Crippen molar-refractivity contribution in [2.45, 2.75) is 265 Å². The van der Waals surface area contributed by atoms with Crippen molar-refractivity contribution in [3.05, 3.63) is 373 Å². The van der Waals surface area contributed by atoms with Gasteiger partial charge in [-0.1, -0.05) is 444 Å². The Balaban J connectivity index is 0.000000180. The number of benzene rings is 15. The Morgan fingerprint density at radius 3 is 0.833 bits per heavy atom. The first-order chi connectivity index (χ1) is 65.6. The smallest absolute Gasteiger partial charge is 0.0579 e. The molecule has 0 radical (unpaired) electrons. The molecule has 0 atom stereocenters. The highest BCUT2D eigenvalue weighted by Gasteiger charge is 2.37. The number of hydrogen-bond donors (Lipinski definition) is 0. The maximum absolute atomic E-state index is 2.58. The molecule has 18 aromatic rings. The lowest BCUT2D eigenvalue weighted by molar-refractivity contribution is 1.02. The molecule has 0 spiro atoms. The first kappa shape index (κ1) is 102. The van der Waals surface area contributed by atoms with E-state index in [-0.39, 0.29) is 0 Å². The van der Waals surface area contributed by atoms with Gasteiger partial charge in [-0.2, -0.15) is 0 Å². The third kappa shape index (κ3) is 17.4. The van der Waals surface area contributed by atoms with Crippen LogP contribution in [0.4, 0.5) is 0 Å². The standard InChI is InChI=1S/3C33H21N.15C2H6/c1-2-8-23-19(6-1)17-28-24(23)14-12-20-18-29-26(31(20)28)15-13-22-16-21-7-5-10-27-25-9-3-4-11-30(25)34(32(21)27)33(22)29;1-2-8-25-19(6-1)14-23-18-29-24(17-28(23)25)15-20-12-13-22-16-21-7-5-10-27-26-9-3-4-11-30(26)34(32(21)27)33(22)31(20)29;1-2-8-25-19(6-1)14-23-17-24-15-20-12-13-22-16-21-7-5-10-27-26-9-3-4-11-30(26)34(32(21)27)33(22)31(20)29(24)18-28(23)25;15*1-2/h1-15H,16-18H2;2*1-13,17-18H,14-16H2;15*1-2H3. The van der Waals surface area contributed by atoms with Crippen LogP contribution in [0.1, 0.15) is 308 Å². The average Bonchev–Trinajstić information content (AvgIpc) is 1.55. The van der Waals surface area contributed by atoms with Gasteiger partial charge in [0.1, 0.15) is 0 Å². The van der Waals surface area contributed by atoms with Gasteiger partial charge in [0.25, 0.3) is 0 Å². The van der Waals surface area contributed by atoms with Gasteiger partial charge in [0, 0.05) is 69.1 Å². The van der Waals surface area contributed by atoms with Gasteiger partial charge in [-0.25, -0.2) is 0 Å². The number of nitrogens with zero attached hydrogens (tertiary/aromatic N) is 3. The first-order valence-electron chi connectivity index (χ1n) is 51.8. The molecule has 0 N–H and O–H groups in total. The van der Waals surface area contributed by atoms with E-state index in [4.69, 9.17) is 0 Å². The summed E-state index contributed by atoms with van der Waals surface area (Å²) in [5.74, 6) is 0. The molecule has 9 aliphatic rings. The minimum atomic E-state index is 0.999. The fourth-order valence-electron chi connectivity index (χ4n) is 21.1. The summed E-state index contributed by atoms with van der Waals surface area (Å²) in [5, 5.41) is 8.19. The number of hydrogen-bond acceptors (Lipinski definition) is 0. The van der Waals surface area contributed by atoms with Crippen LogP contribution in [0.2, 0.25) is 0 Å². The van der Waals surface area contributed by atoms with Gasteiger partial charge in [-0.05, 0) is 224 Å². The van der Waals surface area contributed by atoms with E-state index in [0.717, 1.165) is 57.8 Å². The summed E-state index contributed by atoms with van der Waals surface area (Å²) < 4.78 is 7.74. The zero-order valence-electron chi connectivity index (χ0n) is 86.2. The summed E-state index contributed by atoms with van der Waals surface area (Å²) in [6.07, 6.45) is 9.24. The lowest BCUT2D eigenvalue weighted by atomic mass is 9.91. The van der Waals surface area contributed by atoms with Crippen molar-refractivity contribution in [3.8, 4) is 83.8 Å². The van der Waals surface area contributed by atoms with Gasteiger partial charge in [0.2, 0.25) is 0 Å². The summed E-state index contributed by atoms with van der Waals surface area (Å²) in [6, 6.07) is 103. The highest BCUT2D eigenvalue weighted by atomic mass is 15.0. The summed E-state index contributed by atoms with van der Waals surface area (Å²) >= 11 is 0. The second kappa shape index (κ2) is 47.7. The maximum Gasteiger partial charge on any atom is 0.0579 e. The van der Waals surface area contributed by atoms with Crippen LogP contribution in [0, 0.1) is 0 Å². The van der Waals surface area contributed by atoms with Crippen molar-refractivity contribution < 1.29 is 0 Å². The van der Waals surface area contributed by atoms with Crippen LogP contribution in [-0.4, -0.2) is 13.7 Å². The van der Waals surface area contributed by atoms with Crippen LogP contribution in [0.5, 0.6) is 0 Å². The molecule has 0 unspecified atom stereocenters. The van der Waals surface area contributed by atoms with Crippen LogP contribution in [0.3, 0.4) is 0 Å². The van der Waals surface area contributed by atoms with Gasteiger partial charge in [-0.15, -0.1) is 0 Å². The Bertz CT molecular complexity index is 6970. The molecular formula is C129H153N3. The van der Waals surface area contributed by atoms with E-state index in [1.54, 1.807) is 0 Å². The molecule has 0 saturated heterocycles. The molecule has 0 amide bonds. The van der Waals surface area contributed by atoms with Crippen molar-refractivity contribution in [2.75, 3.05) is 0 Å². The fourth-order valence-corrected chi connectivity index (χ4v) is 21.1. The molecule has 0 bridgehead atoms. The van der Waals surface area contributed by atoms with Gasteiger partial charge in [0.15, 0.2) is 0 Å². The summed E-state index contributed by atoms with van der Waals surface area (Å²) in [4.78, 5) is 0. The van der Waals surface area contributed by atoms with Gasteiger partial charge < -0.3 is 13.7 Å². The van der Waals surface area contributed by atoms with E-state index in [1.165, 1.54) is 249 Å². The van der Waals surface area contributed by atoms with Crippen LogP contribution >= 0.6 is 0 Å². The summed E-state index contributed by atoms with van der Waals surface area (Å²) in [6.45, 7) is 60.0. The second-order valence-corrected chi connectivity index (χ2v) is 30.3. The SMILES string of the molecule is CC.CC.CC.CC.CC.CC.CC.CC.CC.CC.CC.CC.CC.CC.CC.c1ccc2c(c1)Cc1c-2ccc2c1-c1ccc3c(c1C2)-n1c2ccccc2c2cccc(c21)C3.c1ccc2c(c1)Cc1cc3c(cc1-2)-c1c(ccc2c1-n1c4ccccc4c4cccc(c41)C2)C3.c1ccc2c(c1)Cc1cc3c(cc1-2)Cc1ccc2c(c1-3)-n1c3ccccc3c3cccc(c31)C2. The number of fused-ring (bicyclic) bond motifs is 37. The Morgan fingerprint density at radius 1 is 0.144 bits per heavy atom. The first-order valence-corrected chi connectivity index (χ1v) is 51.8. The van der Waals surface area contributed by atoms with Crippen molar-refractivity contribution in [2.24, 2.45) is 0 Å². The van der Waals surface area contributed by atoms with E-state index < -0.39 is 0 Å². The third-order valence-corrected chi connectivity index (χ3v) is 25.3. The van der Waals surface area contributed by atoms with Crippen molar-refractivity contribution in [3.63, 3.8) is 0 Å². The van der Waals surface area contributed by atoms with E-state index in [2.05, 4.69) is 287 Å². The van der Waals surface area contributed by atoms with E-state index >= 15 is 0 Å². The zero-order chi connectivity index (χ0) is 95.9. The van der Waals surface area contributed by atoms with Gasteiger partial charge in [-0.3, -0.25) is 0 Å². The van der Waals surface area contributed by atoms with E-state index in [1.807, 2.05) is 208 Å². The number of rotatable bonds is 0. The minimum absolute atomic E-state index is 0.999. The molecule has 3 aromatic heterocycles. The predicted octanol–water partition coefficient (Wildman–Crippen LogP) is 38.9. The van der Waals surface area contributed by atoms with Gasteiger partial charge >= 0.3 is 0 Å². The molecular weight excluding hydrogens is 1590 g/mol. The monoisotopic (exact) mass is 1740 g/mol. The third-order valence-electron chi connectivity index (χ3n) is 25.3. The number of aromatic nitrogens is 3. The Hall–Kier alpha value is -12.3. The molecule has 6 heterocycles.